The van der Waals surface area contributed by atoms with Crippen LogP contribution in [-0.4, -0.2) is 8.86 Å². The molecular weight excluding hydrogens is 336 g/mol. The predicted octanol–water partition coefficient (Wildman–Crippen LogP) is 4.54. The van der Waals surface area contributed by atoms with Gasteiger partial charge in [0, 0.05) is 0 Å². The summed E-state index contributed by atoms with van der Waals surface area (Å²) in [5.41, 5.74) is 0.225. The zero-order valence-electron chi connectivity index (χ0n) is 8.07. The number of hydrogen-bond donors (Lipinski definition) is 0. The maximum absolute atomic E-state index is 12.4. The molecule has 1 fully saturated rings. The zero-order valence-corrected chi connectivity index (χ0v) is 11.0. The summed E-state index contributed by atoms with van der Waals surface area (Å²) < 4.78 is 39.8. The van der Waals surface area contributed by atoms with Crippen molar-refractivity contribution < 1.29 is 13.2 Å². The molecule has 84 valence electrons. The predicted molar refractivity (Wildman–Crippen MR) is 65.8 cm³/mol. The van der Waals surface area contributed by atoms with E-state index in [2.05, 4.69) is 0 Å². The van der Waals surface area contributed by atoms with Gasteiger partial charge < -0.3 is 0 Å². The van der Waals surface area contributed by atoms with E-state index in [-0.39, 0.29) is 0 Å². The Morgan fingerprint density at radius 1 is 1.27 bits per heavy atom. The Morgan fingerprint density at radius 2 is 1.93 bits per heavy atom. The van der Waals surface area contributed by atoms with Gasteiger partial charge in [0.1, 0.15) is 0 Å². The number of hydrogen-bond acceptors (Lipinski definition) is 1. The van der Waals surface area contributed by atoms with Gasteiger partial charge in [0.2, 0.25) is 0 Å². The third-order valence-corrected chi connectivity index (χ3v) is 10.2. The van der Waals surface area contributed by atoms with E-state index in [1.807, 2.05) is 8.93 Å². The molecule has 5 heteroatoms. The van der Waals surface area contributed by atoms with Crippen molar-refractivity contribution in [3.63, 3.8) is 0 Å². The fourth-order valence-electron chi connectivity index (χ4n) is 1.14. The molecule has 0 atom stereocenters. The molecule has 1 aromatic carbocycles. The summed E-state index contributed by atoms with van der Waals surface area (Å²) in [5.74, 6) is 0. The first-order valence-corrected chi connectivity index (χ1v) is 10.9. The molecule has 0 bridgehead atoms. The standard InChI is InChI=1S/C10H10F3IS/c1-7-6-8(10(11,12)13)2-3-9(7)15-14-4-5-14/h2-3,6H,4-5H2,1H3. The molecule has 2 rings (SSSR count). The van der Waals surface area contributed by atoms with E-state index < -0.39 is 30.2 Å². The van der Waals surface area contributed by atoms with Crippen LogP contribution < -0.4 is 0 Å². The van der Waals surface area contributed by atoms with Crippen LogP contribution in [0.1, 0.15) is 11.1 Å². The molecule has 0 aromatic heterocycles. The van der Waals surface area contributed by atoms with E-state index >= 15 is 0 Å². The van der Waals surface area contributed by atoms with Gasteiger partial charge in [-0.3, -0.25) is 0 Å². The third kappa shape index (κ3) is 3.03. The molecule has 1 aliphatic heterocycles. The SMILES string of the molecule is Cc1cc(C(F)(F)F)ccc1SI1CC1. The number of benzene rings is 1. The Labute approximate surface area is 96.5 Å². The first-order chi connectivity index (χ1) is 6.97. The molecule has 1 aliphatic rings. The molecule has 1 saturated heterocycles. The molecule has 0 nitrogen and oxygen atoms in total. The summed E-state index contributed by atoms with van der Waals surface area (Å²) in [6, 6.07) is 4.07. The summed E-state index contributed by atoms with van der Waals surface area (Å²) in [4.78, 5) is 1.05. The van der Waals surface area contributed by atoms with Crippen molar-refractivity contribution in [2.45, 2.75) is 18.0 Å². The van der Waals surface area contributed by atoms with Crippen LogP contribution in [-0.2, 0) is 6.18 Å². The van der Waals surface area contributed by atoms with Gasteiger partial charge in [0.05, 0.1) is 0 Å². The molecular formula is C10H10F3IS. The van der Waals surface area contributed by atoms with E-state index in [0.717, 1.165) is 10.5 Å². The van der Waals surface area contributed by atoms with Gasteiger partial charge in [-0.1, -0.05) is 0 Å². The minimum atomic E-state index is -4.22. The van der Waals surface area contributed by atoms with Crippen molar-refractivity contribution in [1.29, 1.82) is 0 Å². The normalized spacial score (nSPS) is 18.0. The Balaban J connectivity index is 2.21. The second-order valence-electron chi connectivity index (χ2n) is 3.34. The van der Waals surface area contributed by atoms with E-state index in [9.17, 15) is 13.2 Å². The van der Waals surface area contributed by atoms with Crippen molar-refractivity contribution in [2.75, 3.05) is 8.86 Å². The summed E-state index contributed by atoms with van der Waals surface area (Å²) >= 11 is -0.754. The summed E-state index contributed by atoms with van der Waals surface area (Å²) in [6.07, 6.45) is -4.22. The maximum atomic E-state index is 12.4. The molecule has 0 N–H and O–H groups in total. The Morgan fingerprint density at radius 3 is 2.40 bits per heavy atom. The molecule has 0 amide bonds. The summed E-state index contributed by atoms with van der Waals surface area (Å²) in [5, 5.41) is 0. The van der Waals surface area contributed by atoms with Crippen LogP contribution in [0.15, 0.2) is 23.1 Å². The quantitative estimate of drug-likeness (QED) is 0.560. The topological polar surface area (TPSA) is 0 Å². The van der Waals surface area contributed by atoms with Crippen molar-refractivity contribution in [2.24, 2.45) is 0 Å². The number of halogens is 4. The number of aryl methyl sites for hydroxylation is 1. The van der Waals surface area contributed by atoms with E-state index in [1.165, 1.54) is 21.0 Å². The van der Waals surface area contributed by atoms with Crippen LogP contribution in [0.2, 0.25) is 0 Å². The van der Waals surface area contributed by atoms with Gasteiger partial charge in [-0.05, 0) is 0 Å². The van der Waals surface area contributed by atoms with Gasteiger partial charge in [-0.2, -0.15) is 0 Å². The van der Waals surface area contributed by atoms with Crippen LogP contribution in [0.25, 0.3) is 0 Å². The molecule has 0 radical (unpaired) electrons. The van der Waals surface area contributed by atoms with Crippen molar-refractivity contribution in [3.05, 3.63) is 29.3 Å². The Hall–Kier alpha value is 0.0900. The van der Waals surface area contributed by atoms with Crippen molar-refractivity contribution >= 4 is 27.4 Å². The van der Waals surface area contributed by atoms with Gasteiger partial charge in [-0.15, -0.1) is 0 Å². The van der Waals surface area contributed by atoms with Crippen LogP contribution in [0.5, 0.6) is 0 Å². The molecule has 15 heavy (non-hydrogen) atoms. The summed E-state index contributed by atoms with van der Waals surface area (Å²) in [7, 11) is 1.84. The monoisotopic (exact) mass is 346 g/mol. The first-order valence-electron chi connectivity index (χ1n) is 4.45. The Bertz CT molecular complexity index is 371. The van der Waals surface area contributed by atoms with Gasteiger partial charge in [-0.25, -0.2) is 0 Å². The van der Waals surface area contributed by atoms with Crippen molar-refractivity contribution in [1.82, 2.24) is 0 Å². The van der Waals surface area contributed by atoms with E-state index in [0.29, 0.717) is 0 Å². The first kappa shape index (κ1) is 11.6. The molecule has 0 aliphatic carbocycles. The van der Waals surface area contributed by atoms with E-state index in [4.69, 9.17) is 0 Å². The minimum absolute atomic E-state index is 0.538. The second-order valence-corrected chi connectivity index (χ2v) is 12.7. The molecule has 0 spiro atoms. The van der Waals surface area contributed by atoms with Crippen LogP contribution in [0.4, 0.5) is 13.2 Å². The van der Waals surface area contributed by atoms with Gasteiger partial charge in [0.15, 0.2) is 0 Å². The fourth-order valence-corrected chi connectivity index (χ4v) is 10.5. The average Bonchev–Trinajstić information content (AvgIpc) is 2.90. The number of alkyl halides is 5. The molecule has 1 aromatic rings. The van der Waals surface area contributed by atoms with E-state index in [1.54, 1.807) is 13.0 Å². The molecule has 0 saturated carbocycles. The molecule has 1 heterocycles. The molecule has 0 unspecified atom stereocenters. The van der Waals surface area contributed by atoms with Crippen molar-refractivity contribution in [3.8, 4) is 0 Å². The average molecular weight is 346 g/mol. The third-order valence-electron chi connectivity index (χ3n) is 2.04. The van der Waals surface area contributed by atoms with Gasteiger partial charge >= 0.3 is 96.7 Å². The van der Waals surface area contributed by atoms with Crippen LogP contribution in [0.3, 0.4) is 0 Å². The number of rotatable bonds is 2. The van der Waals surface area contributed by atoms with Crippen LogP contribution >= 0.6 is 27.4 Å². The summed E-state index contributed by atoms with van der Waals surface area (Å²) in [6.45, 7) is 1.76. The zero-order chi connectivity index (χ0) is 11.1. The van der Waals surface area contributed by atoms with Gasteiger partial charge in [0.25, 0.3) is 0 Å². The van der Waals surface area contributed by atoms with Crippen LogP contribution in [0, 0.1) is 6.92 Å². The Kier molecular flexibility index (Phi) is 3.21. The second kappa shape index (κ2) is 4.16. The fraction of sp³-hybridized carbons (Fsp3) is 0.400.